The monoisotopic (exact) mass is 378 g/mol. The molecule has 7 heteroatoms. The third-order valence-corrected chi connectivity index (χ3v) is 4.52. The molecule has 28 heavy (non-hydrogen) atoms. The highest BCUT2D eigenvalue weighted by Crippen LogP contribution is 2.22. The van der Waals surface area contributed by atoms with Crippen molar-refractivity contribution >= 4 is 34.9 Å². The normalized spacial score (nSPS) is 13.5. The first kappa shape index (κ1) is 19.2. The van der Waals surface area contributed by atoms with Gasteiger partial charge in [0.2, 0.25) is 5.91 Å². The number of rotatable bonds is 5. The second-order valence-electron chi connectivity index (χ2n) is 6.39. The minimum Gasteiger partial charge on any atom is -0.338 e. The van der Waals surface area contributed by atoms with Crippen LogP contribution in [-0.2, 0) is 4.79 Å². The minimum atomic E-state index is -0.274. The van der Waals surface area contributed by atoms with E-state index in [4.69, 9.17) is 0 Å². The number of carbonyl (C=O) groups excluding carboxylic acids is 3. The molecule has 1 aliphatic heterocycles. The Morgan fingerprint density at radius 1 is 1.21 bits per heavy atom. The molecule has 1 saturated heterocycles. The number of hydrogen-bond donors (Lipinski definition) is 2. The number of carbonyl (C=O) groups is 3. The second kappa shape index (κ2) is 8.39. The molecule has 2 aromatic rings. The number of urea groups is 1. The summed E-state index contributed by atoms with van der Waals surface area (Å²) < 4.78 is 0. The molecule has 1 aliphatic rings. The van der Waals surface area contributed by atoms with E-state index in [-0.39, 0.29) is 17.8 Å². The first-order chi connectivity index (χ1) is 13.5. The van der Waals surface area contributed by atoms with Crippen molar-refractivity contribution < 1.29 is 14.4 Å². The van der Waals surface area contributed by atoms with Crippen LogP contribution in [0.25, 0.3) is 0 Å². The lowest BCUT2D eigenvalue weighted by Gasteiger charge is -2.27. The topological polar surface area (TPSA) is 81.8 Å². The quantitative estimate of drug-likeness (QED) is 0.785. The maximum atomic E-state index is 12.5. The summed E-state index contributed by atoms with van der Waals surface area (Å²) in [5, 5.41) is 5.65. The number of nitrogens with one attached hydrogen (secondary N) is 2. The lowest BCUT2D eigenvalue weighted by molar-refractivity contribution is -0.113. The van der Waals surface area contributed by atoms with Crippen LogP contribution in [0.4, 0.5) is 21.9 Å². The highest BCUT2D eigenvalue weighted by molar-refractivity contribution is 6.05. The third kappa shape index (κ3) is 4.20. The van der Waals surface area contributed by atoms with Gasteiger partial charge in [-0.1, -0.05) is 12.6 Å². The Bertz CT molecular complexity index is 908. The van der Waals surface area contributed by atoms with Crippen LogP contribution in [-0.4, -0.2) is 38.0 Å². The number of anilines is 3. The van der Waals surface area contributed by atoms with Crippen molar-refractivity contribution in [1.29, 1.82) is 0 Å². The van der Waals surface area contributed by atoms with E-state index in [1.165, 1.54) is 11.0 Å². The van der Waals surface area contributed by atoms with Crippen LogP contribution in [0.1, 0.15) is 16.8 Å². The molecule has 0 unspecified atom stereocenters. The summed E-state index contributed by atoms with van der Waals surface area (Å²) in [5.41, 5.74) is 2.46. The molecule has 4 amide bonds. The Kier molecular flexibility index (Phi) is 5.74. The molecule has 3 rings (SSSR count). The maximum Gasteiger partial charge on any atom is 0.321 e. The summed E-state index contributed by atoms with van der Waals surface area (Å²) in [6, 6.07) is 13.7. The van der Waals surface area contributed by atoms with Crippen molar-refractivity contribution in [3.05, 3.63) is 66.7 Å². The van der Waals surface area contributed by atoms with E-state index in [0.717, 1.165) is 12.1 Å². The molecule has 1 fully saturated rings. The van der Waals surface area contributed by atoms with Gasteiger partial charge in [0.1, 0.15) is 0 Å². The maximum absolute atomic E-state index is 12.5. The fourth-order valence-corrected chi connectivity index (χ4v) is 2.93. The Morgan fingerprint density at radius 3 is 2.64 bits per heavy atom. The van der Waals surface area contributed by atoms with Crippen LogP contribution in [0.3, 0.4) is 0 Å². The predicted octanol–water partition coefficient (Wildman–Crippen LogP) is 3.01. The van der Waals surface area contributed by atoms with Gasteiger partial charge in [0.05, 0.1) is 0 Å². The van der Waals surface area contributed by atoms with Gasteiger partial charge in [-0.2, -0.15) is 0 Å². The largest absolute Gasteiger partial charge is 0.338 e. The molecule has 0 radical (unpaired) electrons. The first-order valence-electron chi connectivity index (χ1n) is 8.96. The zero-order valence-electron chi connectivity index (χ0n) is 15.6. The highest BCUT2D eigenvalue weighted by atomic mass is 16.2. The Hall–Kier alpha value is -3.61. The average Bonchev–Trinajstić information content (AvgIpc) is 2.73. The summed E-state index contributed by atoms with van der Waals surface area (Å²) in [4.78, 5) is 39.3. The van der Waals surface area contributed by atoms with Crippen LogP contribution < -0.4 is 20.4 Å². The number of benzene rings is 2. The molecule has 2 N–H and O–H groups in total. The third-order valence-electron chi connectivity index (χ3n) is 4.52. The van der Waals surface area contributed by atoms with Gasteiger partial charge in [0.15, 0.2) is 0 Å². The van der Waals surface area contributed by atoms with Gasteiger partial charge in [-0.15, -0.1) is 0 Å². The van der Waals surface area contributed by atoms with E-state index in [9.17, 15) is 14.4 Å². The van der Waals surface area contributed by atoms with Crippen LogP contribution in [0, 0.1) is 0 Å². The van der Waals surface area contributed by atoms with Gasteiger partial charge in [0.25, 0.3) is 5.91 Å². The number of likely N-dealkylation sites (N-methyl/N-ethyl adjacent to an activating group) is 1. The second-order valence-corrected chi connectivity index (χ2v) is 6.39. The fourth-order valence-electron chi connectivity index (χ4n) is 2.93. The van der Waals surface area contributed by atoms with E-state index in [1.807, 2.05) is 6.07 Å². The molecular formula is C21H22N4O3. The van der Waals surface area contributed by atoms with Crippen LogP contribution >= 0.6 is 0 Å². The van der Waals surface area contributed by atoms with Gasteiger partial charge >= 0.3 is 6.03 Å². The predicted molar refractivity (Wildman–Crippen MR) is 110 cm³/mol. The summed E-state index contributed by atoms with van der Waals surface area (Å²) in [6.45, 7) is 4.78. The van der Waals surface area contributed by atoms with Crippen LogP contribution in [0.15, 0.2) is 61.2 Å². The van der Waals surface area contributed by atoms with Crippen molar-refractivity contribution in [3.8, 4) is 0 Å². The molecule has 2 aromatic carbocycles. The van der Waals surface area contributed by atoms with Gasteiger partial charge in [-0.25, -0.2) is 4.79 Å². The molecule has 0 atom stereocenters. The van der Waals surface area contributed by atoms with Crippen molar-refractivity contribution in [2.24, 2.45) is 0 Å². The van der Waals surface area contributed by atoms with Crippen molar-refractivity contribution in [2.45, 2.75) is 6.42 Å². The van der Waals surface area contributed by atoms with Gasteiger partial charge in [0, 0.05) is 42.8 Å². The Labute approximate surface area is 163 Å². The van der Waals surface area contributed by atoms with Crippen LogP contribution in [0.2, 0.25) is 0 Å². The fraction of sp³-hybridized carbons (Fsp3) is 0.190. The molecule has 7 nitrogen and oxygen atoms in total. The van der Waals surface area contributed by atoms with E-state index < -0.39 is 0 Å². The Balaban J connectivity index is 1.71. The van der Waals surface area contributed by atoms with E-state index >= 15 is 0 Å². The Morgan fingerprint density at radius 2 is 1.96 bits per heavy atom. The zero-order valence-corrected chi connectivity index (χ0v) is 15.6. The van der Waals surface area contributed by atoms with Gasteiger partial charge in [-0.05, 0) is 55.0 Å². The first-order valence-corrected chi connectivity index (χ1v) is 8.96. The molecule has 1 heterocycles. The standard InChI is InChI=1S/C21H22N4O3/c1-3-19(26)24(2)17-10-8-15(9-11-17)20(27)23-16-6-4-7-18(14-16)25-13-5-12-22-21(25)28/h3-4,6-11,14H,1,5,12-13H2,2H3,(H,22,28)(H,23,27). The van der Waals surface area contributed by atoms with Gasteiger partial charge in [-0.3, -0.25) is 14.5 Å². The number of amides is 4. The van der Waals surface area contributed by atoms with Gasteiger partial charge < -0.3 is 15.5 Å². The molecule has 0 saturated carbocycles. The molecule has 0 bridgehead atoms. The highest BCUT2D eigenvalue weighted by Gasteiger charge is 2.19. The average molecular weight is 378 g/mol. The number of hydrogen-bond acceptors (Lipinski definition) is 3. The van der Waals surface area contributed by atoms with Crippen molar-refractivity contribution in [3.63, 3.8) is 0 Å². The molecular weight excluding hydrogens is 356 g/mol. The lowest BCUT2D eigenvalue weighted by Crippen LogP contribution is -2.46. The molecule has 0 spiro atoms. The zero-order chi connectivity index (χ0) is 20.1. The number of nitrogens with zero attached hydrogens (tertiary/aromatic N) is 2. The molecule has 0 aliphatic carbocycles. The summed E-state index contributed by atoms with van der Waals surface area (Å²) in [7, 11) is 1.64. The molecule has 144 valence electrons. The minimum absolute atomic E-state index is 0.136. The van der Waals surface area contributed by atoms with E-state index in [2.05, 4.69) is 17.2 Å². The summed E-state index contributed by atoms with van der Waals surface area (Å²) in [6.07, 6.45) is 2.10. The van der Waals surface area contributed by atoms with Crippen LogP contribution in [0.5, 0.6) is 0 Å². The smallest absolute Gasteiger partial charge is 0.321 e. The summed E-state index contributed by atoms with van der Waals surface area (Å²) >= 11 is 0. The van der Waals surface area contributed by atoms with E-state index in [1.54, 1.807) is 54.4 Å². The lowest BCUT2D eigenvalue weighted by atomic mass is 10.1. The SMILES string of the molecule is C=CC(=O)N(C)c1ccc(C(=O)Nc2cccc(N3CCCNC3=O)c2)cc1. The summed E-state index contributed by atoms with van der Waals surface area (Å²) in [5.74, 6) is -0.500. The van der Waals surface area contributed by atoms with Crippen molar-refractivity contribution in [2.75, 3.05) is 35.3 Å². The van der Waals surface area contributed by atoms with Crippen molar-refractivity contribution in [1.82, 2.24) is 5.32 Å². The molecule has 0 aromatic heterocycles. The van der Waals surface area contributed by atoms with E-state index in [0.29, 0.717) is 30.0 Å².